The summed E-state index contributed by atoms with van der Waals surface area (Å²) in [7, 11) is 1.74. The number of aromatic hydroxyl groups is 1. The lowest BCUT2D eigenvalue weighted by Gasteiger charge is -2.15. The van der Waals surface area contributed by atoms with Crippen molar-refractivity contribution >= 4 is 17.7 Å². The maximum Gasteiger partial charge on any atom is 0.246 e. The number of nitrogens with two attached hydrogens (primary N) is 1. The maximum absolute atomic E-state index is 12.0. The summed E-state index contributed by atoms with van der Waals surface area (Å²) < 4.78 is 0. The fraction of sp³-hybridized carbons (Fsp3) is 0.118. The molecule has 3 N–H and O–H groups in total. The van der Waals surface area contributed by atoms with Crippen LogP contribution in [0.5, 0.6) is 5.75 Å². The molecule has 0 saturated carbocycles. The molecule has 0 aliphatic rings. The van der Waals surface area contributed by atoms with Crippen LogP contribution < -0.4 is 5.73 Å². The van der Waals surface area contributed by atoms with Crippen LogP contribution >= 0.6 is 0 Å². The normalized spacial score (nSPS) is 10.7. The summed E-state index contributed by atoms with van der Waals surface area (Å²) in [5.41, 5.74) is 8.20. The zero-order chi connectivity index (χ0) is 15.2. The minimum atomic E-state index is -0.0834. The summed E-state index contributed by atoms with van der Waals surface area (Å²) in [6.07, 6.45) is 3.29. The molecule has 2 rings (SSSR count). The van der Waals surface area contributed by atoms with E-state index in [0.717, 1.165) is 11.1 Å². The molecule has 0 radical (unpaired) electrons. The topological polar surface area (TPSA) is 66.6 Å². The molecule has 2 aromatic rings. The third-order valence-corrected chi connectivity index (χ3v) is 3.09. The third kappa shape index (κ3) is 4.38. The molecule has 4 heteroatoms. The number of rotatable bonds is 4. The second kappa shape index (κ2) is 6.61. The summed E-state index contributed by atoms with van der Waals surface area (Å²) in [6.45, 7) is 0.491. The van der Waals surface area contributed by atoms with Crippen LogP contribution in [0.15, 0.2) is 54.6 Å². The van der Waals surface area contributed by atoms with Gasteiger partial charge in [0.1, 0.15) is 5.75 Å². The average molecular weight is 282 g/mol. The number of likely N-dealkylation sites (N-methyl/N-ethyl adjacent to an activating group) is 1. The zero-order valence-corrected chi connectivity index (χ0v) is 11.9. The Kier molecular flexibility index (Phi) is 4.61. The van der Waals surface area contributed by atoms with E-state index < -0.39 is 0 Å². The summed E-state index contributed by atoms with van der Waals surface area (Å²) in [5.74, 6) is 0.135. The van der Waals surface area contributed by atoms with Crippen LogP contribution in [-0.4, -0.2) is 23.0 Å². The van der Waals surface area contributed by atoms with Gasteiger partial charge < -0.3 is 15.7 Å². The van der Waals surface area contributed by atoms with Gasteiger partial charge in [-0.25, -0.2) is 0 Å². The molecule has 108 valence electrons. The van der Waals surface area contributed by atoms with Gasteiger partial charge in [0.05, 0.1) is 0 Å². The Labute approximate surface area is 124 Å². The van der Waals surface area contributed by atoms with Gasteiger partial charge in [-0.05, 0) is 41.5 Å². The number of nitrogen functional groups attached to an aromatic ring is 1. The number of hydrogen-bond donors (Lipinski definition) is 2. The Morgan fingerprint density at radius 3 is 2.38 bits per heavy atom. The molecule has 0 saturated heterocycles. The number of hydrogen-bond acceptors (Lipinski definition) is 3. The van der Waals surface area contributed by atoms with Crippen molar-refractivity contribution in [3.8, 4) is 5.75 Å². The lowest BCUT2D eigenvalue weighted by atomic mass is 10.2. The van der Waals surface area contributed by atoms with Crippen LogP contribution in [0, 0.1) is 0 Å². The van der Waals surface area contributed by atoms with Crippen molar-refractivity contribution in [2.45, 2.75) is 6.54 Å². The van der Waals surface area contributed by atoms with E-state index in [4.69, 9.17) is 5.73 Å². The standard InChI is InChI=1S/C17H18N2O2/c1-19(12-14-4-9-16(20)10-5-14)17(21)11-6-13-2-7-15(18)8-3-13/h2-11,20H,12,18H2,1H3/b11-6+. The SMILES string of the molecule is CN(Cc1ccc(O)cc1)C(=O)/C=C/c1ccc(N)cc1. The molecule has 4 nitrogen and oxygen atoms in total. The van der Waals surface area contributed by atoms with E-state index in [1.165, 1.54) is 6.08 Å². The smallest absolute Gasteiger partial charge is 0.246 e. The van der Waals surface area contributed by atoms with Crippen molar-refractivity contribution in [3.05, 3.63) is 65.7 Å². The first-order valence-electron chi connectivity index (χ1n) is 6.61. The number of carbonyl (C=O) groups excluding carboxylic acids is 1. The van der Waals surface area contributed by atoms with E-state index in [2.05, 4.69) is 0 Å². The molecule has 0 aliphatic carbocycles. The Balaban J connectivity index is 1.96. The number of phenols is 1. The third-order valence-electron chi connectivity index (χ3n) is 3.09. The molecule has 21 heavy (non-hydrogen) atoms. The number of anilines is 1. The molecule has 0 fully saturated rings. The predicted molar refractivity (Wildman–Crippen MR) is 84.5 cm³/mol. The monoisotopic (exact) mass is 282 g/mol. The molecule has 2 aromatic carbocycles. The minimum absolute atomic E-state index is 0.0834. The van der Waals surface area contributed by atoms with Crippen LogP contribution in [0.2, 0.25) is 0 Å². The molecule has 0 aromatic heterocycles. The van der Waals surface area contributed by atoms with E-state index in [-0.39, 0.29) is 11.7 Å². The highest BCUT2D eigenvalue weighted by atomic mass is 16.3. The first-order valence-corrected chi connectivity index (χ1v) is 6.61. The Bertz CT molecular complexity index is 631. The lowest BCUT2D eigenvalue weighted by Crippen LogP contribution is -2.24. The average Bonchev–Trinajstić information content (AvgIpc) is 2.48. The highest BCUT2D eigenvalue weighted by molar-refractivity contribution is 5.91. The largest absolute Gasteiger partial charge is 0.508 e. The van der Waals surface area contributed by atoms with Crippen LogP contribution in [0.1, 0.15) is 11.1 Å². The fourth-order valence-electron chi connectivity index (χ4n) is 1.86. The predicted octanol–water partition coefficient (Wildman–Crippen LogP) is 2.65. The molecular weight excluding hydrogens is 264 g/mol. The maximum atomic E-state index is 12.0. The molecule has 0 bridgehead atoms. The van der Waals surface area contributed by atoms with Crippen molar-refractivity contribution < 1.29 is 9.90 Å². The Morgan fingerprint density at radius 2 is 1.76 bits per heavy atom. The van der Waals surface area contributed by atoms with Gasteiger partial charge in [-0.3, -0.25) is 4.79 Å². The van der Waals surface area contributed by atoms with E-state index in [9.17, 15) is 9.90 Å². The molecule has 0 atom stereocenters. The molecule has 0 aliphatic heterocycles. The van der Waals surface area contributed by atoms with Crippen LogP contribution in [0.25, 0.3) is 6.08 Å². The molecule has 0 heterocycles. The van der Waals surface area contributed by atoms with Crippen molar-refractivity contribution in [1.82, 2.24) is 4.90 Å². The molecular formula is C17H18N2O2. The van der Waals surface area contributed by atoms with E-state index in [0.29, 0.717) is 12.2 Å². The van der Waals surface area contributed by atoms with Gasteiger partial charge >= 0.3 is 0 Å². The molecule has 0 spiro atoms. The van der Waals surface area contributed by atoms with Crippen LogP contribution in [0.4, 0.5) is 5.69 Å². The van der Waals surface area contributed by atoms with Gasteiger partial charge in [0, 0.05) is 25.4 Å². The first kappa shape index (κ1) is 14.7. The van der Waals surface area contributed by atoms with Crippen LogP contribution in [0.3, 0.4) is 0 Å². The van der Waals surface area contributed by atoms with Crippen LogP contribution in [-0.2, 0) is 11.3 Å². The Morgan fingerprint density at radius 1 is 1.14 bits per heavy atom. The van der Waals surface area contributed by atoms with E-state index in [1.54, 1.807) is 54.4 Å². The summed E-state index contributed by atoms with van der Waals surface area (Å²) in [5, 5.41) is 9.23. The molecule has 0 unspecified atom stereocenters. The highest BCUT2D eigenvalue weighted by Gasteiger charge is 2.05. The summed E-state index contributed by atoms with van der Waals surface area (Å²) in [6, 6.07) is 14.1. The molecule has 1 amide bonds. The number of carbonyl (C=O) groups is 1. The highest BCUT2D eigenvalue weighted by Crippen LogP contribution is 2.12. The van der Waals surface area contributed by atoms with Crippen molar-refractivity contribution in [1.29, 1.82) is 0 Å². The van der Waals surface area contributed by atoms with Gasteiger partial charge in [0.2, 0.25) is 5.91 Å². The quantitative estimate of drug-likeness (QED) is 0.669. The van der Waals surface area contributed by atoms with Crippen molar-refractivity contribution in [2.75, 3.05) is 12.8 Å². The lowest BCUT2D eigenvalue weighted by molar-refractivity contribution is -0.125. The fourth-order valence-corrected chi connectivity index (χ4v) is 1.86. The second-order valence-electron chi connectivity index (χ2n) is 4.86. The Hall–Kier alpha value is -2.75. The van der Waals surface area contributed by atoms with Gasteiger partial charge in [0.15, 0.2) is 0 Å². The van der Waals surface area contributed by atoms with Gasteiger partial charge in [-0.1, -0.05) is 24.3 Å². The zero-order valence-electron chi connectivity index (χ0n) is 11.9. The van der Waals surface area contributed by atoms with Gasteiger partial charge in [0.25, 0.3) is 0 Å². The number of benzene rings is 2. The van der Waals surface area contributed by atoms with Gasteiger partial charge in [-0.15, -0.1) is 0 Å². The second-order valence-corrected chi connectivity index (χ2v) is 4.86. The van der Waals surface area contributed by atoms with Crippen molar-refractivity contribution in [3.63, 3.8) is 0 Å². The summed E-state index contributed by atoms with van der Waals surface area (Å²) >= 11 is 0. The number of nitrogens with zero attached hydrogens (tertiary/aromatic N) is 1. The van der Waals surface area contributed by atoms with E-state index in [1.807, 2.05) is 12.1 Å². The number of amides is 1. The van der Waals surface area contributed by atoms with Crippen molar-refractivity contribution in [2.24, 2.45) is 0 Å². The summed E-state index contributed by atoms with van der Waals surface area (Å²) in [4.78, 5) is 13.6. The van der Waals surface area contributed by atoms with E-state index >= 15 is 0 Å². The number of phenolic OH excluding ortho intramolecular Hbond substituents is 1. The minimum Gasteiger partial charge on any atom is -0.508 e. The first-order chi connectivity index (χ1) is 10.0. The van der Waals surface area contributed by atoms with Gasteiger partial charge in [-0.2, -0.15) is 0 Å².